The lowest BCUT2D eigenvalue weighted by atomic mass is 9.73. The van der Waals surface area contributed by atoms with Crippen molar-refractivity contribution < 1.29 is 9.53 Å². The Labute approximate surface area is 189 Å². The fourth-order valence-electron chi connectivity index (χ4n) is 5.08. The summed E-state index contributed by atoms with van der Waals surface area (Å²) in [6.07, 6.45) is 5.86. The molecule has 0 saturated heterocycles. The molecule has 29 heavy (non-hydrogen) atoms. The Bertz CT molecular complexity index is 1020. The Balaban J connectivity index is 1.63. The monoisotopic (exact) mass is 518 g/mol. The highest BCUT2D eigenvalue weighted by Crippen LogP contribution is 2.51. The van der Waals surface area contributed by atoms with E-state index in [-0.39, 0.29) is 17.9 Å². The van der Waals surface area contributed by atoms with Crippen LogP contribution in [0.4, 0.5) is 0 Å². The van der Waals surface area contributed by atoms with E-state index in [1.165, 1.54) is 22.9 Å². The number of aliphatic imine (C=N–C) groups is 1. The Kier molecular flexibility index (Phi) is 4.89. The highest BCUT2D eigenvalue weighted by molar-refractivity contribution is 14.1. The number of benzene rings is 2. The normalized spacial score (nSPS) is 28.0. The van der Waals surface area contributed by atoms with Crippen molar-refractivity contribution in [1.29, 1.82) is 0 Å². The molecule has 2 aromatic rings. The van der Waals surface area contributed by atoms with E-state index in [0.717, 1.165) is 39.3 Å². The first-order valence-electron chi connectivity index (χ1n) is 10.00. The molecule has 3 aliphatic rings. The standard InChI is InChI=1S/C23H23IN2O2S/c1-26-21(27)23(25-22(26)29-2)13-20(28-19-11-10-15(24)12-18(19)23)17-9-5-7-14-6-3-4-8-16(14)17/h3-4,6,8,10-12,17,20H,5,7,9,13H2,1-2H3. The Hall–Kier alpha value is -1.54. The molecule has 2 aromatic carbocycles. The third kappa shape index (κ3) is 3.02. The summed E-state index contributed by atoms with van der Waals surface area (Å²) in [6.45, 7) is 0. The smallest absolute Gasteiger partial charge is 0.261 e. The van der Waals surface area contributed by atoms with Gasteiger partial charge < -0.3 is 4.74 Å². The predicted molar refractivity (Wildman–Crippen MR) is 126 cm³/mol. The molecule has 3 unspecified atom stereocenters. The van der Waals surface area contributed by atoms with Crippen molar-refractivity contribution >= 4 is 45.4 Å². The minimum Gasteiger partial charge on any atom is -0.489 e. The zero-order chi connectivity index (χ0) is 20.2. The molecule has 0 aromatic heterocycles. The van der Waals surface area contributed by atoms with Crippen LogP contribution in [-0.4, -0.2) is 35.4 Å². The first-order valence-corrected chi connectivity index (χ1v) is 12.3. The summed E-state index contributed by atoms with van der Waals surface area (Å²) in [5, 5.41) is 0.782. The molecule has 0 radical (unpaired) electrons. The van der Waals surface area contributed by atoms with Crippen LogP contribution in [0, 0.1) is 3.57 Å². The van der Waals surface area contributed by atoms with Crippen molar-refractivity contribution in [3.05, 3.63) is 62.7 Å². The number of likely N-dealkylation sites (N-methyl/N-ethyl adjacent to an activating group) is 1. The Morgan fingerprint density at radius 1 is 1.28 bits per heavy atom. The van der Waals surface area contributed by atoms with Gasteiger partial charge in [-0.05, 0) is 77.4 Å². The minimum atomic E-state index is -0.876. The highest BCUT2D eigenvalue weighted by atomic mass is 127. The van der Waals surface area contributed by atoms with Gasteiger partial charge in [-0.1, -0.05) is 36.0 Å². The number of carbonyl (C=O) groups excluding carboxylic acids is 1. The number of fused-ring (bicyclic) bond motifs is 3. The number of carbonyl (C=O) groups is 1. The molecule has 1 spiro atoms. The highest BCUT2D eigenvalue weighted by Gasteiger charge is 2.55. The van der Waals surface area contributed by atoms with Crippen LogP contribution in [0.2, 0.25) is 0 Å². The van der Waals surface area contributed by atoms with Crippen LogP contribution in [0.5, 0.6) is 5.75 Å². The first kappa shape index (κ1) is 19.4. The van der Waals surface area contributed by atoms with Crippen LogP contribution in [0.3, 0.4) is 0 Å². The van der Waals surface area contributed by atoms with Crippen molar-refractivity contribution in [3.63, 3.8) is 0 Å². The molecule has 2 aliphatic heterocycles. The van der Waals surface area contributed by atoms with Crippen molar-refractivity contribution in [2.45, 2.75) is 43.2 Å². The van der Waals surface area contributed by atoms with Gasteiger partial charge in [0, 0.05) is 28.5 Å². The van der Waals surface area contributed by atoms with Crippen LogP contribution >= 0.6 is 34.4 Å². The van der Waals surface area contributed by atoms with E-state index in [2.05, 4.69) is 52.9 Å². The predicted octanol–water partition coefficient (Wildman–Crippen LogP) is 4.95. The maximum Gasteiger partial charge on any atom is 0.261 e. The number of halogens is 1. The summed E-state index contributed by atoms with van der Waals surface area (Å²) >= 11 is 3.83. The quantitative estimate of drug-likeness (QED) is 0.502. The molecule has 4 nitrogen and oxygen atoms in total. The third-order valence-electron chi connectivity index (χ3n) is 6.44. The van der Waals surface area contributed by atoms with Gasteiger partial charge >= 0.3 is 0 Å². The molecule has 1 aliphatic carbocycles. The lowest BCUT2D eigenvalue weighted by Crippen LogP contribution is -2.47. The Morgan fingerprint density at radius 3 is 2.90 bits per heavy atom. The summed E-state index contributed by atoms with van der Waals surface area (Å²) in [5.41, 5.74) is 2.82. The van der Waals surface area contributed by atoms with Crippen LogP contribution < -0.4 is 4.74 Å². The molecule has 0 saturated carbocycles. The summed E-state index contributed by atoms with van der Waals surface area (Å²) < 4.78 is 7.66. The van der Waals surface area contributed by atoms with Gasteiger partial charge in [0.25, 0.3) is 5.91 Å². The molecule has 1 amide bonds. The van der Waals surface area contributed by atoms with Gasteiger partial charge in [0.1, 0.15) is 11.9 Å². The summed E-state index contributed by atoms with van der Waals surface area (Å²) in [5.74, 6) is 1.15. The van der Waals surface area contributed by atoms with Crippen molar-refractivity contribution in [3.8, 4) is 5.75 Å². The molecule has 3 atom stereocenters. The molecular weight excluding hydrogens is 495 g/mol. The van der Waals surface area contributed by atoms with Crippen LogP contribution in [-0.2, 0) is 16.8 Å². The summed E-state index contributed by atoms with van der Waals surface area (Å²) in [6, 6.07) is 14.8. The zero-order valence-electron chi connectivity index (χ0n) is 16.5. The molecule has 0 bridgehead atoms. The fraction of sp³-hybridized carbons (Fsp3) is 0.391. The van der Waals surface area contributed by atoms with Gasteiger partial charge in [-0.2, -0.15) is 0 Å². The molecule has 0 fully saturated rings. The topological polar surface area (TPSA) is 41.9 Å². The largest absolute Gasteiger partial charge is 0.489 e. The van der Waals surface area contributed by atoms with E-state index in [1.54, 1.807) is 4.90 Å². The van der Waals surface area contributed by atoms with Gasteiger partial charge in [-0.3, -0.25) is 9.69 Å². The van der Waals surface area contributed by atoms with Gasteiger partial charge in [-0.25, -0.2) is 4.99 Å². The minimum absolute atomic E-state index is 0.0579. The number of ether oxygens (including phenoxy) is 1. The third-order valence-corrected chi connectivity index (χ3v) is 7.84. The first-order chi connectivity index (χ1) is 14.0. The Morgan fingerprint density at radius 2 is 2.10 bits per heavy atom. The van der Waals surface area contributed by atoms with E-state index in [0.29, 0.717) is 6.42 Å². The van der Waals surface area contributed by atoms with Gasteiger partial charge in [0.15, 0.2) is 10.7 Å². The number of amides is 1. The number of hydrogen-bond acceptors (Lipinski definition) is 4. The van der Waals surface area contributed by atoms with E-state index >= 15 is 0 Å². The molecular formula is C23H23IN2O2S. The maximum absolute atomic E-state index is 13.5. The fourth-order valence-corrected chi connectivity index (χ4v) is 6.17. The number of aryl methyl sites for hydroxylation is 1. The second kappa shape index (κ2) is 7.30. The molecule has 0 N–H and O–H groups in total. The van der Waals surface area contributed by atoms with Crippen LogP contribution in [0.25, 0.3) is 0 Å². The van der Waals surface area contributed by atoms with Crippen LogP contribution in [0.15, 0.2) is 47.5 Å². The lowest BCUT2D eigenvalue weighted by Gasteiger charge is -2.41. The van der Waals surface area contributed by atoms with Gasteiger partial charge in [0.2, 0.25) is 0 Å². The maximum atomic E-state index is 13.5. The van der Waals surface area contributed by atoms with E-state index < -0.39 is 5.54 Å². The number of hydrogen-bond donors (Lipinski definition) is 0. The van der Waals surface area contributed by atoms with E-state index in [1.807, 2.05) is 25.4 Å². The average Bonchev–Trinajstić information content (AvgIpc) is 2.99. The second-order valence-corrected chi connectivity index (χ2v) is 10.0. The van der Waals surface area contributed by atoms with Crippen molar-refractivity contribution in [1.82, 2.24) is 4.90 Å². The van der Waals surface area contributed by atoms with Gasteiger partial charge in [-0.15, -0.1) is 0 Å². The molecule has 6 heteroatoms. The molecule has 150 valence electrons. The molecule has 2 heterocycles. The van der Waals surface area contributed by atoms with Crippen molar-refractivity contribution in [2.75, 3.05) is 13.3 Å². The number of thioether (sulfide) groups is 1. The van der Waals surface area contributed by atoms with Crippen molar-refractivity contribution in [2.24, 2.45) is 4.99 Å². The van der Waals surface area contributed by atoms with E-state index in [9.17, 15) is 4.79 Å². The average molecular weight is 518 g/mol. The number of rotatable bonds is 1. The number of amidine groups is 1. The molecule has 5 rings (SSSR count). The van der Waals surface area contributed by atoms with Gasteiger partial charge in [0.05, 0.1) is 0 Å². The lowest BCUT2D eigenvalue weighted by molar-refractivity contribution is -0.132. The summed E-state index contributed by atoms with van der Waals surface area (Å²) in [7, 11) is 1.83. The second-order valence-electron chi connectivity index (χ2n) is 8.02. The zero-order valence-corrected chi connectivity index (χ0v) is 19.5. The SMILES string of the molecule is CSC1=NC2(CC(C3CCCc4ccccc43)Oc3ccc(I)cc32)C(=O)N1C. The number of nitrogens with zero attached hydrogens (tertiary/aromatic N) is 2. The summed E-state index contributed by atoms with van der Waals surface area (Å²) in [4.78, 5) is 20.3. The van der Waals surface area contributed by atoms with E-state index in [4.69, 9.17) is 9.73 Å². The van der Waals surface area contributed by atoms with Crippen LogP contribution in [0.1, 0.15) is 41.9 Å².